The van der Waals surface area contributed by atoms with Gasteiger partial charge in [-0.15, -0.1) is 11.3 Å². The Hall–Kier alpha value is -3.04. The van der Waals surface area contributed by atoms with E-state index in [-0.39, 0.29) is 24.8 Å². The quantitative estimate of drug-likeness (QED) is 0.396. The second-order valence-corrected chi connectivity index (χ2v) is 8.94. The summed E-state index contributed by atoms with van der Waals surface area (Å²) >= 11 is 5.01. The highest BCUT2D eigenvalue weighted by Crippen LogP contribution is 2.20. The zero-order valence-electron chi connectivity index (χ0n) is 16.8. The van der Waals surface area contributed by atoms with Gasteiger partial charge in [-0.05, 0) is 48.7 Å². The van der Waals surface area contributed by atoms with Crippen molar-refractivity contribution >= 4 is 55.8 Å². The van der Waals surface area contributed by atoms with E-state index in [9.17, 15) is 9.59 Å². The molecule has 0 saturated heterocycles. The lowest BCUT2D eigenvalue weighted by atomic mass is 10.1. The Labute approximate surface area is 191 Å². The Bertz CT molecular complexity index is 1220. The highest BCUT2D eigenvalue weighted by atomic mass is 79.9. The van der Waals surface area contributed by atoms with Crippen LogP contribution in [0.5, 0.6) is 0 Å². The van der Waals surface area contributed by atoms with E-state index in [0.717, 1.165) is 15.0 Å². The molecule has 0 aliphatic heterocycles. The monoisotopic (exact) mass is 497 g/mol. The van der Waals surface area contributed by atoms with E-state index < -0.39 is 0 Å². The standard InChI is InChI=1S/C22H20BrN5O2S/c1-14-11-18(19-12-25-28(21(19)26-14)13-17-3-2-10-31-17)22(30)24-9-8-20(29)27-16-6-4-15(23)5-7-16/h2-7,10-12H,8-9,13H2,1H3,(H,24,30)(H,27,29). The number of amides is 2. The number of fused-ring (bicyclic) bond motifs is 1. The summed E-state index contributed by atoms with van der Waals surface area (Å²) in [5.74, 6) is -0.412. The molecule has 3 aromatic heterocycles. The van der Waals surface area contributed by atoms with Gasteiger partial charge in [0, 0.05) is 33.7 Å². The molecule has 0 unspecified atom stereocenters. The number of anilines is 1. The molecule has 0 radical (unpaired) electrons. The molecule has 4 rings (SSSR count). The predicted molar refractivity (Wildman–Crippen MR) is 125 cm³/mol. The van der Waals surface area contributed by atoms with Crippen LogP contribution in [0.3, 0.4) is 0 Å². The maximum absolute atomic E-state index is 12.8. The van der Waals surface area contributed by atoms with Crippen molar-refractivity contribution in [2.75, 3.05) is 11.9 Å². The number of aromatic nitrogens is 3. The summed E-state index contributed by atoms with van der Waals surface area (Å²) in [5.41, 5.74) is 2.63. The van der Waals surface area contributed by atoms with E-state index in [0.29, 0.717) is 28.8 Å². The summed E-state index contributed by atoms with van der Waals surface area (Å²) in [6.45, 7) is 2.69. The average Bonchev–Trinajstić information content (AvgIpc) is 3.40. The van der Waals surface area contributed by atoms with Crippen LogP contribution in [-0.2, 0) is 11.3 Å². The van der Waals surface area contributed by atoms with Crippen molar-refractivity contribution in [1.29, 1.82) is 0 Å². The highest BCUT2D eigenvalue weighted by Gasteiger charge is 2.16. The van der Waals surface area contributed by atoms with E-state index in [1.165, 1.54) is 0 Å². The van der Waals surface area contributed by atoms with Crippen LogP contribution in [0.4, 0.5) is 5.69 Å². The number of hydrogen-bond donors (Lipinski definition) is 2. The Balaban J connectivity index is 1.41. The molecular weight excluding hydrogens is 478 g/mol. The van der Waals surface area contributed by atoms with E-state index in [1.54, 1.807) is 28.3 Å². The van der Waals surface area contributed by atoms with Crippen LogP contribution in [0.1, 0.15) is 27.3 Å². The van der Waals surface area contributed by atoms with Crippen molar-refractivity contribution in [2.45, 2.75) is 19.9 Å². The average molecular weight is 498 g/mol. The second kappa shape index (κ2) is 9.40. The molecule has 9 heteroatoms. The van der Waals surface area contributed by atoms with Crippen molar-refractivity contribution in [3.8, 4) is 0 Å². The summed E-state index contributed by atoms with van der Waals surface area (Å²) in [6, 6.07) is 13.1. The summed E-state index contributed by atoms with van der Waals surface area (Å²) in [4.78, 5) is 30.7. The molecule has 0 fully saturated rings. The van der Waals surface area contributed by atoms with Crippen molar-refractivity contribution in [1.82, 2.24) is 20.1 Å². The molecule has 0 aliphatic carbocycles. The minimum atomic E-state index is -0.248. The fraction of sp³-hybridized carbons (Fsp3) is 0.182. The van der Waals surface area contributed by atoms with Crippen LogP contribution in [0, 0.1) is 6.92 Å². The van der Waals surface area contributed by atoms with E-state index in [4.69, 9.17) is 0 Å². The maximum Gasteiger partial charge on any atom is 0.252 e. The van der Waals surface area contributed by atoms with Crippen LogP contribution in [0.15, 0.2) is 58.5 Å². The SMILES string of the molecule is Cc1cc(C(=O)NCCC(=O)Nc2ccc(Br)cc2)c2cnn(Cc3cccs3)c2n1. The molecule has 31 heavy (non-hydrogen) atoms. The molecule has 158 valence electrons. The first-order valence-electron chi connectivity index (χ1n) is 9.69. The van der Waals surface area contributed by atoms with Crippen LogP contribution in [0.2, 0.25) is 0 Å². The molecule has 0 spiro atoms. The Morgan fingerprint density at radius 3 is 2.74 bits per heavy atom. The predicted octanol–water partition coefficient (Wildman–Crippen LogP) is 4.37. The summed E-state index contributed by atoms with van der Waals surface area (Å²) in [5, 5.41) is 12.8. The van der Waals surface area contributed by atoms with Gasteiger partial charge in [0.2, 0.25) is 5.91 Å². The Kier molecular flexibility index (Phi) is 6.43. The topological polar surface area (TPSA) is 88.9 Å². The van der Waals surface area contributed by atoms with Crippen LogP contribution in [0.25, 0.3) is 11.0 Å². The number of pyridine rings is 1. The van der Waals surface area contributed by atoms with Gasteiger partial charge < -0.3 is 10.6 Å². The van der Waals surface area contributed by atoms with Crippen molar-refractivity contribution in [3.63, 3.8) is 0 Å². The van der Waals surface area contributed by atoms with E-state index in [1.807, 2.05) is 48.7 Å². The third-order valence-corrected chi connectivity index (χ3v) is 6.02. The molecule has 1 aromatic carbocycles. The number of carbonyl (C=O) groups excluding carboxylic acids is 2. The van der Waals surface area contributed by atoms with Crippen molar-refractivity contribution in [2.24, 2.45) is 0 Å². The largest absolute Gasteiger partial charge is 0.351 e. The number of halogens is 1. The smallest absolute Gasteiger partial charge is 0.252 e. The van der Waals surface area contributed by atoms with Crippen molar-refractivity contribution < 1.29 is 9.59 Å². The third-order valence-electron chi connectivity index (χ3n) is 4.63. The third kappa shape index (κ3) is 5.18. The Morgan fingerprint density at radius 1 is 1.19 bits per heavy atom. The molecule has 0 atom stereocenters. The van der Waals surface area contributed by atoms with Crippen LogP contribution in [-0.4, -0.2) is 33.1 Å². The van der Waals surface area contributed by atoms with Gasteiger partial charge in [-0.25, -0.2) is 9.67 Å². The molecule has 2 amide bonds. The molecule has 0 aliphatic rings. The van der Waals surface area contributed by atoms with E-state index >= 15 is 0 Å². The molecule has 7 nitrogen and oxygen atoms in total. The first kappa shape index (κ1) is 21.2. The fourth-order valence-corrected chi connectivity index (χ4v) is 4.12. The summed E-state index contributed by atoms with van der Waals surface area (Å²) in [7, 11) is 0. The molecule has 0 saturated carbocycles. The van der Waals surface area contributed by atoms with Gasteiger partial charge in [0.05, 0.1) is 23.7 Å². The van der Waals surface area contributed by atoms with Gasteiger partial charge in [-0.3, -0.25) is 9.59 Å². The Morgan fingerprint density at radius 2 is 2.00 bits per heavy atom. The molecule has 3 heterocycles. The van der Waals surface area contributed by atoms with E-state index in [2.05, 4.69) is 36.6 Å². The number of nitrogens with one attached hydrogen (secondary N) is 2. The zero-order valence-corrected chi connectivity index (χ0v) is 19.2. The minimum absolute atomic E-state index is 0.164. The lowest BCUT2D eigenvalue weighted by Crippen LogP contribution is -2.28. The normalized spacial score (nSPS) is 10.9. The number of hydrogen-bond acceptors (Lipinski definition) is 5. The van der Waals surface area contributed by atoms with Crippen molar-refractivity contribution in [3.05, 3.63) is 74.6 Å². The highest BCUT2D eigenvalue weighted by molar-refractivity contribution is 9.10. The second-order valence-electron chi connectivity index (χ2n) is 6.99. The zero-order chi connectivity index (χ0) is 21.8. The number of nitrogens with zero attached hydrogens (tertiary/aromatic N) is 3. The molecule has 2 N–H and O–H groups in total. The molecule has 4 aromatic rings. The van der Waals surface area contributed by atoms with Gasteiger partial charge in [0.15, 0.2) is 5.65 Å². The first-order chi connectivity index (χ1) is 15.0. The number of aryl methyl sites for hydroxylation is 1. The number of thiophene rings is 1. The summed E-state index contributed by atoms with van der Waals surface area (Å²) in [6.07, 6.45) is 1.84. The van der Waals surface area contributed by atoms with Crippen LogP contribution >= 0.6 is 27.3 Å². The van der Waals surface area contributed by atoms with Gasteiger partial charge in [0.25, 0.3) is 5.91 Å². The maximum atomic E-state index is 12.8. The van der Waals surface area contributed by atoms with Gasteiger partial charge in [-0.1, -0.05) is 22.0 Å². The van der Waals surface area contributed by atoms with Gasteiger partial charge in [-0.2, -0.15) is 5.10 Å². The fourth-order valence-electron chi connectivity index (χ4n) is 3.17. The number of rotatable bonds is 7. The van der Waals surface area contributed by atoms with Crippen LogP contribution < -0.4 is 10.6 Å². The minimum Gasteiger partial charge on any atom is -0.351 e. The van der Waals surface area contributed by atoms with Gasteiger partial charge in [0.1, 0.15) is 0 Å². The molecule has 0 bridgehead atoms. The van der Waals surface area contributed by atoms with Gasteiger partial charge >= 0.3 is 0 Å². The number of carbonyl (C=O) groups is 2. The first-order valence-corrected chi connectivity index (χ1v) is 11.4. The summed E-state index contributed by atoms with van der Waals surface area (Å²) < 4.78 is 2.74. The number of benzene rings is 1. The molecular formula is C22H20BrN5O2S. The lowest BCUT2D eigenvalue weighted by molar-refractivity contribution is -0.116. The lowest BCUT2D eigenvalue weighted by Gasteiger charge is -2.09.